The highest BCUT2D eigenvalue weighted by Gasteiger charge is 2.16. The molecule has 0 heterocycles. The molecule has 0 bridgehead atoms. The summed E-state index contributed by atoms with van der Waals surface area (Å²) < 4.78 is 10.7. The van der Waals surface area contributed by atoms with Crippen LogP contribution in [-0.2, 0) is 0 Å². The zero-order valence-corrected chi connectivity index (χ0v) is 15.4. The van der Waals surface area contributed by atoms with E-state index in [1.165, 1.54) is 20.1 Å². The van der Waals surface area contributed by atoms with Crippen molar-refractivity contribution in [3.05, 3.63) is 52.0 Å². The predicted molar refractivity (Wildman–Crippen MR) is 98.3 cm³/mol. The van der Waals surface area contributed by atoms with Crippen molar-refractivity contribution in [1.29, 1.82) is 0 Å². The Morgan fingerprint density at radius 1 is 1.20 bits per heavy atom. The number of benzene rings is 2. The molecule has 0 atom stereocenters. The lowest BCUT2D eigenvalue weighted by Crippen LogP contribution is -2.13. The van der Waals surface area contributed by atoms with Crippen molar-refractivity contribution in [2.45, 2.75) is 20.8 Å². The Labute approximate surface area is 151 Å². The van der Waals surface area contributed by atoms with E-state index in [-0.39, 0.29) is 11.7 Å². The molecule has 1 N–H and O–H groups in total. The maximum atomic E-state index is 12.5. The van der Waals surface area contributed by atoms with Gasteiger partial charge in [0, 0.05) is 16.8 Å². The number of hydrogen-bond donors (Lipinski definition) is 1. The average Bonchev–Trinajstić information content (AvgIpc) is 2.56. The van der Waals surface area contributed by atoms with Gasteiger partial charge in [-0.25, -0.2) is 0 Å². The van der Waals surface area contributed by atoms with E-state index < -0.39 is 0 Å². The van der Waals surface area contributed by atoms with Crippen molar-refractivity contribution in [2.75, 3.05) is 19.0 Å². The van der Waals surface area contributed by atoms with Crippen LogP contribution in [0.4, 0.5) is 5.69 Å². The van der Waals surface area contributed by atoms with Gasteiger partial charge in [-0.3, -0.25) is 9.59 Å². The van der Waals surface area contributed by atoms with E-state index in [4.69, 9.17) is 21.1 Å². The monoisotopic (exact) mass is 361 g/mol. The molecule has 0 aliphatic carbocycles. The maximum absolute atomic E-state index is 12.5. The Morgan fingerprint density at radius 2 is 1.92 bits per heavy atom. The summed E-state index contributed by atoms with van der Waals surface area (Å²) in [4.78, 5) is 24.0. The Balaban J connectivity index is 2.28. The van der Waals surface area contributed by atoms with Crippen molar-refractivity contribution in [3.8, 4) is 11.5 Å². The topological polar surface area (TPSA) is 64.6 Å². The maximum Gasteiger partial charge on any atom is 0.255 e. The van der Waals surface area contributed by atoms with Crippen LogP contribution in [0.3, 0.4) is 0 Å². The van der Waals surface area contributed by atoms with Crippen molar-refractivity contribution < 1.29 is 19.1 Å². The highest BCUT2D eigenvalue weighted by molar-refractivity contribution is 6.32. The number of amides is 1. The Hall–Kier alpha value is -2.53. The second kappa shape index (κ2) is 8.03. The van der Waals surface area contributed by atoms with E-state index in [1.54, 1.807) is 24.3 Å². The number of aryl methyl sites for hydroxylation is 1. The highest BCUT2D eigenvalue weighted by atomic mass is 35.5. The summed E-state index contributed by atoms with van der Waals surface area (Å²) in [6.45, 7) is 5.60. The molecule has 0 aliphatic rings. The Kier molecular flexibility index (Phi) is 6.04. The summed E-state index contributed by atoms with van der Waals surface area (Å²) in [5.41, 5.74) is 2.37. The SMILES string of the molecule is CCOc1c(Cl)cc(C(=O)Nc2ccc(C(C)=O)c(C)c2)cc1OC. The third-order valence-electron chi connectivity index (χ3n) is 3.64. The van der Waals surface area contributed by atoms with Gasteiger partial charge >= 0.3 is 0 Å². The summed E-state index contributed by atoms with van der Waals surface area (Å²) in [7, 11) is 1.49. The zero-order valence-electron chi connectivity index (χ0n) is 14.6. The quantitative estimate of drug-likeness (QED) is 0.769. The minimum Gasteiger partial charge on any atom is -0.493 e. The zero-order chi connectivity index (χ0) is 18.6. The number of halogens is 1. The van der Waals surface area contributed by atoms with Crippen LogP contribution < -0.4 is 14.8 Å². The number of nitrogens with one attached hydrogen (secondary N) is 1. The first-order valence-corrected chi connectivity index (χ1v) is 8.18. The number of Topliss-reactive ketones (excluding diaryl/α,β-unsaturated/α-hetero) is 1. The lowest BCUT2D eigenvalue weighted by atomic mass is 10.0. The van der Waals surface area contributed by atoms with Gasteiger partial charge in [0.2, 0.25) is 0 Å². The molecule has 25 heavy (non-hydrogen) atoms. The summed E-state index contributed by atoms with van der Waals surface area (Å²) >= 11 is 6.20. The smallest absolute Gasteiger partial charge is 0.255 e. The van der Waals surface area contributed by atoms with Crippen molar-refractivity contribution in [2.24, 2.45) is 0 Å². The molecular weight excluding hydrogens is 342 g/mol. The van der Waals surface area contributed by atoms with E-state index in [0.717, 1.165) is 5.56 Å². The molecule has 0 saturated carbocycles. The van der Waals surface area contributed by atoms with Gasteiger partial charge in [0.25, 0.3) is 5.91 Å². The normalized spacial score (nSPS) is 10.3. The minimum absolute atomic E-state index is 0.0154. The van der Waals surface area contributed by atoms with E-state index in [9.17, 15) is 9.59 Å². The molecule has 5 nitrogen and oxygen atoms in total. The van der Waals surface area contributed by atoms with Crippen LogP contribution in [0.2, 0.25) is 5.02 Å². The summed E-state index contributed by atoms with van der Waals surface area (Å²) in [5.74, 6) is 0.448. The standard InChI is InChI=1S/C19H20ClNO4/c1-5-25-18-16(20)9-13(10-17(18)24-4)19(23)21-14-6-7-15(12(3)22)11(2)8-14/h6-10H,5H2,1-4H3,(H,21,23). The fourth-order valence-electron chi connectivity index (χ4n) is 2.48. The first kappa shape index (κ1) is 18.8. The number of methoxy groups -OCH3 is 1. The number of ketones is 1. The van der Waals surface area contributed by atoms with Crippen LogP contribution in [-0.4, -0.2) is 25.4 Å². The van der Waals surface area contributed by atoms with Gasteiger partial charge in [-0.05, 0) is 56.7 Å². The van der Waals surface area contributed by atoms with Gasteiger partial charge in [-0.1, -0.05) is 11.6 Å². The van der Waals surface area contributed by atoms with Crippen molar-refractivity contribution in [1.82, 2.24) is 0 Å². The molecular formula is C19H20ClNO4. The minimum atomic E-state index is -0.335. The summed E-state index contributed by atoms with van der Waals surface area (Å²) in [6, 6.07) is 8.24. The van der Waals surface area contributed by atoms with E-state index >= 15 is 0 Å². The fourth-order valence-corrected chi connectivity index (χ4v) is 2.74. The van der Waals surface area contributed by atoms with E-state index in [0.29, 0.717) is 39.9 Å². The fraction of sp³-hybridized carbons (Fsp3) is 0.263. The average molecular weight is 362 g/mol. The molecule has 0 radical (unpaired) electrons. The van der Waals surface area contributed by atoms with Gasteiger partial charge < -0.3 is 14.8 Å². The van der Waals surface area contributed by atoms with Gasteiger partial charge in [0.15, 0.2) is 17.3 Å². The van der Waals surface area contributed by atoms with Crippen LogP contribution in [0.15, 0.2) is 30.3 Å². The number of carbonyl (C=O) groups is 2. The molecule has 132 valence electrons. The highest BCUT2D eigenvalue weighted by Crippen LogP contribution is 2.36. The van der Waals surface area contributed by atoms with E-state index in [2.05, 4.69) is 5.32 Å². The van der Waals surface area contributed by atoms with Crippen LogP contribution in [0.5, 0.6) is 11.5 Å². The second-order valence-electron chi connectivity index (χ2n) is 5.46. The number of rotatable bonds is 6. The molecule has 1 amide bonds. The third kappa shape index (κ3) is 4.31. The van der Waals surface area contributed by atoms with Crippen LogP contribution in [0.25, 0.3) is 0 Å². The lowest BCUT2D eigenvalue weighted by Gasteiger charge is -2.13. The van der Waals surface area contributed by atoms with Gasteiger partial charge in [-0.2, -0.15) is 0 Å². The van der Waals surface area contributed by atoms with Crippen molar-refractivity contribution in [3.63, 3.8) is 0 Å². The van der Waals surface area contributed by atoms with Gasteiger partial charge in [0.1, 0.15) is 0 Å². The summed E-state index contributed by atoms with van der Waals surface area (Å²) in [5, 5.41) is 3.09. The molecule has 6 heteroatoms. The van der Waals surface area contributed by atoms with Crippen LogP contribution >= 0.6 is 11.6 Å². The predicted octanol–water partition coefficient (Wildman–Crippen LogP) is 4.51. The first-order valence-electron chi connectivity index (χ1n) is 7.80. The number of ether oxygens (including phenoxy) is 2. The number of hydrogen-bond acceptors (Lipinski definition) is 4. The molecule has 0 spiro atoms. The third-order valence-corrected chi connectivity index (χ3v) is 3.92. The van der Waals surface area contributed by atoms with Crippen LogP contribution in [0, 0.1) is 6.92 Å². The van der Waals surface area contributed by atoms with Gasteiger partial charge in [0.05, 0.1) is 18.7 Å². The first-order chi connectivity index (χ1) is 11.9. The Bertz CT molecular complexity index is 817. The lowest BCUT2D eigenvalue weighted by molar-refractivity contribution is 0.101. The number of anilines is 1. The molecule has 0 fully saturated rings. The molecule has 2 aromatic carbocycles. The molecule has 0 unspecified atom stereocenters. The molecule has 0 saturated heterocycles. The molecule has 2 aromatic rings. The Morgan fingerprint density at radius 3 is 2.48 bits per heavy atom. The number of carbonyl (C=O) groups excluding carboxylic acids is 2. The van der Waals surface area contributed by atoms with Crippen molar-refractivity contribution >= 4 is 29.0 Å². The van der Waals surface area contributed by atoms with Crippen LogP contribution in [0.1, 0.15) is 40.1 Å². The van der Waals surface area contributed by atoms with E-state index in [1.807, 2.05) is 13.8 Å². The molecule has 0 aliphatic heterocycles. The largest absolute Gasteiger partial charge is 0.493 e. The molecule has 2 rings (SSSR count). The summed E-state index contributed by atoms with van der Waals surface area (Å²) in [6.07, 6.45) is 0. The van der Waals surface area contributed by atoms with Gasteiger partial charge in [-0.15, -0.1) is 0 Å². The molecule has 0 aromatic heterocycles. The second-order valence-corrected chi connectivity index (χ2v) is 5.87.